The van der Waals surface area contributed by atoms with Crippen LogP contribution < -0.4 is 5.32 Å². The van der Waals surface area contributed by atoms with Gasteiger partial charge in [-0.2, -0.15) is 0 Å². The lowest BCUT2D eigenvalue weighted by Crippen LogP contribution is -2.31. The molecule has 0 bridgehead atoms. The first-order chi connectivity index (χ1) is 10.1. The molecule has 0 amide bonds. The third-order valence-electron chi connectivity index (χ3n) is 3.79. The van der Waals surface area contributed by atoms with Crippen molar-refractivity contribution in [2.45, 2.75) is 39.2 Å². The number of likely N-dealkylation sites (tertiary alicyclic amines) is 1. The van der Waals surface area contributed by atoms with Crippen molar-refractivity contribution in [3.63, 3.8) is 0 Å². The van der Waals surface area contributed by atoms with E-state index in [1.807, 2.05) is 25.3 Å². The SMILES string of the molecule is Cc1cc(Nc2nc(C)cs2)nc([C@@H]2CCCCN2C)n1. The molecule has 3 rings (SSSR count). The fourth-order valence-electron chi connectivity index (χ4n) is 2.73. The van der Waals surface area contributed by atoms with Gasteiger partial charge in [-0.1, -0.05) is 6.42 Å². The zero-order valence-corrected chi connectivity index (χ0v) is 13.6. The summed E-state index contributed by atoms with van der Waals surface area (Å²) in [6.07, 6.45) is 3.65. The Kier molecular flexibility index (Phi) is 4.17. The van der Waals surface area contributed by atoms with Gasteiger partial charge in [-0.05, 0) is 40.3 Å². The summed E-state index contributed by atoms with van der Waals surface area (Å²) in [6, 6.07) is 2.31. The molecule has 1 aliphatic rings. The molecule has 1 aliphatic heterocycles. The number of hydrogen-bond acceptors (Lipinski definition) is 6. The number of thiazole rings is 1. The van der Waals surface area contributed by atoms with E-state index in [9.17, 15) is 0 Å². The number of aryl methyl sites for hydroxylation is 2. The van der Waals surface area contributed by atoms with Gasteiger partial charge in [0, 0.05) is 17.1 Å². The van der Waals surface area contributed by atoms with Gasteiger partial charge in [0.2, 0.25) is 0 Å². The summed E-state index contributed by atoms with van der Waals surface area (Å²) in [4.78, 5) is 16.1. The van der Waals surface area contributed by atoms with Crippen molar-refractivity contribution in [2.24, 2.45) is 0 Å². The molecule has 0 radical (unpaired) electrons. The minimum atomic E-state index is 0.331. The molecule has 1 fully saturated rings. The maximum absolute atomic E-state index is 4.71. The van der Waals surface area contributed by atoms with Gasteiger partial charge in [0.25, 0.3) is 0 Å². The molecule has 6 heteroatoms. The second-order valence-electron chi connectivity index (χ2n) is 5.66. The molecule has 1 atom stereocenters. The molecule has 0 aliphatic carbocycles. The van der Waals surface area contributed by atoms with Crippen molar-refractivity contribution in [2.75, 3.05) is 18.9 Å². The van der Waals surface area contributed by atoms with E-state index in [0.29, 0.717) is 6.04 Å². The number of anilines is 2. The Labute approximate surface area is 129 Å². The van der Waals surface area contributed by atoms with Crippen molar-refractivity contribution < 1.29 is 0 Å². The van der Waals surface area contributed by atoms with Crippen molar-refractivity contribution in [1.29, 1.82) is 0 Å². The largest absolute Gasteiger partial charge is 0.316 e. The molecule has 3 heterocycles. The average Bonchev–Trinajstić information content (AvgIpc) is 2.84. The minimum Gasteiger partial charge on any atom is -0.316 e. The van der Waals surface area contributed by atoms with Gasteiger partial charge < -0.3 is 5.32 Å². The Bertz CT molecular complexity index is 624. The lowest BCUT2D eigenvalue weighted by Gasteiger charge is -2.31. The molecule has 1 saturated heterocycles. The number of aromatic nitrogens is 3. The predicted octanol–water partition coefficient (Wildman–Crippen LogP) is 3.45. The van der Waals surface area contributed by atoms with Gasteiger partial charge in [0.05, 0.1) is 11.7 Å². The Morgan fingerprint density at radius 2 is 2.05 bits per heavy atom. The quantitative estimate of drug-likeness (QED) is 0.941. The van der Waals surface area contributed by atoms with Crippen molar-refractivity contribution >= 4 is 22.3 Å². The summed E-state index contributed by atoms with van der Waals surface area (Å²) in [5, 5.41) is 6.21. The molecule has 112 valence electrons. The minimum absolute atomic E-state index is 0.331. The van der Waals surface area contributed by atoms with Crippen LogP contribution in [-0.2, 0) is 0 Å². The van der Waals surface area contributed by atoms with Crippen LogP contribution in [0.1, 0.15) is 42.5 Å². The summed E-state index contributed by atoms with van der Waals surface area (Å²) in [5.74, 6) is 1.76. The van der Waals surface area contributed by atoms with Crippen LogP contribution >= 0.6 is 11.3 Å². The number of piperidine rings is 1. The first kappa shape index (κ1) is 14.4. The van der Waals surface area contributed by atoms with Crippen LogP contribution in [0.5, 0.6) is 0 Å². The fourth-order valence-corrected chi connectivity index (χ4v) is 3.42. The molecule has 21 heavy (non-hydrogen) atoms. The molecule has 2 aromatic heterocycles. The Balaban J connectivity index is 1.85. The van der Waals surface area contributed by atoms with E-state index in [0.717, 1.165) is 41.1 Å². The maximum Gasteiger partial charge on any atom is 0.188 e. The van der Waals surface area contributed by atoms with Crippen LogP contribution in [0.2, 0.25) is 0 Å². The Hall–Kier alpha value is -1.53. The summed E-state index contributed by atoms with van der Waals surface area (Å²) in [5.41, 5.74) is 2.02. The normalized spacial score (nSPS) is 19.7. The zero-order chi connectivity index (χ0) is 14.8. The van der Waals surface area contributed by atoms with E-state index < -0.39 is 0 Å². The highest BCUT2D eigenvalue weighted by Gasteiger charge is 2.23. The highest BCUT2D eigenvalue weighted by Crippen LogP contribution is 2.28. The smallest absolute Gasteiger partial charge is 0.188 e. The van der Waals surface area contributed by atoms with Crippen molar-refractivity contribution in [3.05, 3.63) is 28.7 Å². The van der Waals surface area contributed by atoms with E-state index in [1.165, 1.54) is 12.8 Å². The molecule has 0 aromatic carbocycles. The van der Waals surface area contributed by atoms with E-state index in [4.69, 9.17) is 4.98 Å². The van der Waals surface area contributed by atoms with Gasteiger partial charge in [-0.15, -0.1) is 11.3 Å². The predicted molar refractivity (Wildman–Crippen MR) is 86.1 cm³/mol. The van der Waals surface area contributed by atoms with E-state index in [1.54, 1.807) is 11.3 Å². The first-order valence-electron chi connectivity index (χ1n) is 7.37. The molecule has 0 spiro atoms. The van der Waals surface area contributed by atoms with Gasteiger partial charge in [0.15, 0.2) is 5.13 Å². The number of rotatable bonds is 3. The first-order valence-corrected chi connectivity index (χ1v) is 8.25. The highest BCUT2D eigenvalue weighted by molar-refractivity contribution is 7.13. The number of nitrogens with zero attached hydrogens (tertiary/aromatic N) is 4. The lowest BCUT2D eigenvalue weighted by atomic mass is 10.0. The molecule has 0 unspecified atom stereocenters. The van der Waals surface area contributed by atoms with Gasteiger partial charge in [-0.25, -0.2) is 15.0 Å². The van der Waals surface area contributed by atoms with Crippen LogP contribution in [0.3, 0.4) is 0 Å². The molecule has 2 aromatic rings. The summed E-state index contributed by atoms with van der Waals surface area (Å²) in [6.45, 7) is 5.14. The van der Waals surface area contributed by atoms with Crippen molar-refractivity contribution in [3.8, 4) is 0 Å². The Morgan fingerprint density at radius 3 is 2.76 bits per heavy atom. The molecule has 0 saturated carbocycles. The summed E-state index contributed by atoms with van der Waals surface area (Å²) >= 11 is 1.60. The monoisotopic (exact) mass is 303 g/mol. The lowest BCUT2D eigenvalue weighted by molar-refractivity contribution is 0.179. The topological polar surface area (TPSA) is 53.9 Å². The van der Waals surface area contributed by atoms with Crippen LogP contribution in [0, 0.1) is 13.8 Å². The maximum atomic E-state index is 4.71. The highest BCUT2D eigenvalue weighted by atomic mass is 32.1. The third-order valence-corrected chi connectivity index (χ3v) is 4.67. The van der Waals surface area contributed by atoms with Crippen LogP contribution in [-0.4, -0.2) is 33.4 Å². The van der Waals surface area contributed by atoms with Crippen LogP contribution in [0.25, 0.3) is 0 Å². The van der Waals surface area contributed by atoms with Crippen LogP contribution in [0.15, 0.2) is 11.4 Å². The van der Waals surface area contributed by atoms with Crippen LogP contribution in [0.4, 0.5) is 10.9 Å². The average molecular weight is 303 g/mol. The van der Waals surface area contributed by atoms with Gasteiger partial charge in [-0.3, -0.25) is 4.90 Å². The molecule has 1 N–H and O–H groups in total. The zero-order valence-electron chi connectivity index (χ0n) is 12.8. The summed E-state index contributed by atoms with van der Waals surface area (Å²) in [7, 11) is 2.16. The van der Waals surface area contributed by atoms with E-state index in [2.05, 4.69) is 27.2 Å². The van der Waals surface area contributed by atoms with Gasteiger partial charge >= 0.3 is 0 Å². The number of nitrogens with one attached hydrogen (secondary N) is 1. The number of hydrogen-bond donors (Lipinski definition) is 1. The second-order valence-corrected chi connectivity index (χ2v) is 6.52. The fraction of sp³-hybridized carbons (Fsp3) is 0.533. The standard InChI is InChI=1S/C15H21N5S/c1-10-8-13(19-15-17-11(2)9-21-15)18-14(16-10)12-6-4-5-7-20(12)3/h8-9,12H,4-7H2,1-3H3,(H,16,17,18,19)/t12-/m0/s1. The van der Waals surface area contributed by atoms with E-state index >= 15 is 0 Å². The molecule has 5 nitrogen and oxygen atoms in total. The van der Waals surface area contributed by atoms with Gasteiger partial charge in [0.1, 0.15) is 11.6 Å². The molecular weight excluding hydrogens is 282 g/mol. The van der Waals surface area contributed by atoms with E-state index in [-0.39, 0.29) is 0 Å². The van der Waals surface area contributed by atoms with Crippen molar-refractivity contribution in [1.82, 2.24) is 19.9 Å². The second kappa shape index (κ2) is 6.07. The molecular formula is C15H21N5S. The third kappa shape index (κ3) is 3.39. The summed E-state index contributed by atoms with van der Waals surface area (Å²) < 4.78 is 0. The Morgan fingerprint density at radius 1 is 1.19 bits per heavy atom.